The average Bonchev–Trinajstić information content (AvgIpc) is 3.23. The van der Waals surface area contributed by atoms with Crippen molar-refractivity contribution < 1.29 is 14.9 Å². The normalized spacial score (nSPS) is 22.4. The summed E-state index contributed by atoms with van der Waals surface area (Å²) in [4.78, 5) is 27.9. The van der Waals surface area contributed by atoms with Gasteiger partial charge in [-0.2, -0.15) is 0 Å². The minimum atomic E-state index is -0.357. The molecule has 0 aliphatic carbocycles. The molecule has 3 atom stereocenters. The summed E-state index contributed by atoms with van der Waals surface area (Å²) < 4.78 is 0. The maximum Gasteiger partial charge on any atom is 0.281 e. The number of carbonyl (C=O) groups is 2. The minimum absolute atomic E-state index is 0.0431. The molecule has 146 valence electrons. The summed E-state index contributed by atoms with van der Waals surface area (Å²) in [5.41, 5.74) is 3.63. The lowest BCUT2D eigenvalue weighted by atomic mass is 9.95. The van der Waals surface area contributed by atoms with Crippen LogP contribution in [0.15, 0.2) is 54.6 Å². The summed E-state index contributed by atoms with van der Waals surface area (Å²) in [5.74, 6) is 0.0536. The van der Waals surface area contributed by atoms with E-state index in [1.54, 1.807) is 0 Å². The molecule has 0 saturated carbocycles. The first-order chi connectivity index (χ1) is 13.6. The van der Waals surface area contributed by atoms with Gasteiger partial charge in [-0.15, -0.1) is 0 Å². The van der Waals surface area contributed by atoms with E-state index in [0.717, 1.165) is 31.4 Å². The molecule has 0 unspecified atom stereocenters. The second-order valence-electron chi connectivity index (χ2n) is 7.85. The molecule has 5 nitrogen and oxygen atoms in total. The fourth-order valence-corrected chi connectivity index (χ4v) is 4.38. The van der Waals surface area contributed by atoms with Gasteiger partial charge in [0.1, 0.15) is 12.6 Å². The van der Waals surface area contributed by atoms with Gasteiger partial charge in [0.05, 0.1) is 6.04 Å². The van der Waals surface area contributed by atoms with Crippen molar-refractivity contribution in [3.63, 3.8) is 0 Å². The van der Waals surface area contributed by atoms with Gasteiger partial charge in [-0.25, -0.2) is 0 Å². The second kappa shape index (κ2) is 8.15. The molecule has 2 heterocycles. The number of carbonyl (C=O) groups excluding carboxylic acids is 2. The number of amides is 2. The van der Waals surface area contributed by atoms with Gasteiger partial charge in [0, 0.05) is 18.5 Å². The summed E-state index contributed by atoms with van der Waals surface area (Å²) in [6.07, 6.45) is 2.36. The van der Waals surface area contributed by atoms with E-state index in [9.17, 15) is 9.59 Å². The molecule has 2 aliphatic heterocycles. The van der Waals surface area contributed by atoms with Gasteiger partial charge >= 0.3 is 0 Å². The number of hydrogen-bond donors (Lipinski definition) is 2. The Hall–Kier alpha value is -2.66. The first-order valence-corrected chi connectivity index (χ1v) is 10.2. The lowest BCUT2D eigenvalue weighted by molar-refractivity contribution is -0.695. The van der Waals surface area contributed by atoms with Crippen LogP contribution in [0.1, 0.15) is 42.5 Å². The molecular weight excluding hydrogens is 350 g/mol. The monoisotopic (exact) mass is 378 g/mol. The Balaban J connectivity index is 1.42. The summed E-state index contributed by atoms with van der Waals surface area (Å²) >= 11 is 0. The zero-order chi connectivity index (χ0) is 19.5. The minimum Gasteiger partial charge on any atom is -0.348 e. The van der Waals surface area contributed by atoms with Crippen LogP contribution in [0.25, 0.3) is 0 Å². The predicted octanol–water partition coefficient (Wildman–Crippen LogP) is 1.54. The Kier molecular flexibility index (Phi) is 5.44. The van der Waals surface area contributed by atoms with Crippen LogP contribution in [0, 0.1) is 0 Å². The highest BCUT2D eigenvalue weighted by atomic mass is 16.2. The zero-order valence-corrected chi connectivity index (χ0v) is 16.3. The third-order valence-electron chi connectivity index (χ3n) is 5.99. The van der Waals surface area contributed by atoms with Gasteiger partial charge in [-0.1, -0.05) is 54.6 Å². The Morgan fingerprint density at radius 2 is 1.79 bits per heavy atom. The highest BCUT2D eigenvalue weighted by Crippen LogP contribution is 2.22. The maximum absolute atomic E-state index is 13.2. The highest BCUT2D eigenvalue weighted by molar-refractivity contribution is 5.90. The topological polar surface area (TPSA) is 66.0 Å². The van der Waals surface area contributed by atoms with E-state index < -0.39 is 0 Å². The van der Waals surface area contributed by atoms with Gasteiger partial charge in [-0.05, 0) is 30.9 Å². The lowest BCUT2D eigenvalue weighted by Crippen LogP contribution is -2.93. The summed E-state index contributed by atoms with van der Waals surface area (Å²) in [7, 11) is 0. The predicted molar refractivity (Wildman–Crippen MR) is 107 cm³/mol. The quantitative estimate of drug-likeness (QED) is 0.848. The van der Waals surface area contributed by atoms with E-state index in [0.29, 0.717) is 6.54 Å². The van der Waals surface area contributed by atoms with Crippen molar-refractivity contribution in [2.75, 3.05) is 6.54 Å². The van der Waals surface area contributed by atoms with E-state index in [1.807, 2.05) is 54.3 Å². The number of nitrogens with two attached hydrogens (primary N) is 1. The number of likely N-dealkylation sites (tertiary alicyclic amines) is 1. The Labute approximate surface area is 166 Å². The maximum atomic E-state index is 13.2. The van der Waals surface area contributed by atoms with Crippen molar-refractivity contribution in [2.45, 2.75) is 50.9 Å². The Morgan fingerprint density at radius 3 is 2.57 bits per heavy atom. The van der Waals surface area contributed by atoms with Gasteiger partial charge in [0.2, 0.25) is 5.91 Å². The highest BCUT2D eigenvalue weighted by Gasteiger charge is 2.40. The van der Waals surface area contributed by atoms with Crippen LogP contribution < -0.4 is 10.6 Å². The number of rotatable bonds is 4. The van der Waals surface area contributed by atoms with E-state index >= 15 is 0 Å². The van der Waals surface area contributed by atoms with Crippen molar-refractivity contribution in [3.8, 4) is 0 Å². The number of hydrogen-bond acceptors (Lipinski definition) is 2. The van der Waals surface area contributed by atoms with Crippen LogP contribution in [0.2, 0.25) is 0 Å². The van der Waals surface area contributed by atoms with E-state index in [4.69, 9.17) is 0 Å². The van der Waals surface area contributed by atoms with E-state index in [-0.39, 0.29) is 29.9 Å². The number of fused-ring (bicyclic) bond motifs is 1. The molecule has 2 aromatic carbocycles. The molecule has 1 fully saturated rings. The molecule has 3 N–H and O–H groups in total. The molecule has 0 radical (unpaired) electrons. The lowest BCUT2D eigenvalue weighted by Gasteiger charge is -2.30. The molecule has 1 saturated heterocycles. The third-order valence-corrected chi connectivity index (χ3v) is 5.99. The number of nitrogens with one attached hydrogen (secondary N) is 1. The van der Waals surface area contributed by atoms with Crippen molar-refractivity contribution in [2.24, 2.45) is 0 Å². The van der Waals surface area contributed by atoms with Crippen LogP contribution in [-0.2, 0) is 22.6 Å². The average molecular weight is 378 g/mol. The van der Waals surface area contributed by atoms with Crippen LogP contribution in [-0.4, -0.2) is 35.3 Å². The molecule has 0 spiro atoms. The molecule has 4 rings (SSSR count). The Morgan fingerprint density at radius 1 is 1.07 bits per heavy atom. The first kappa shape index (κ1) is 18.7. The fourth-order valence-electron chi connectivity index (χ4n) is 4.38. The van der Waals surface area contributed by atoms with Crippen molar-refractivity contribution >= 4 is 11.8 Å². The molecule has 5 heteroatoms. The van der Waals surface area contributed by atoms with Gasteiger partial charge in [-0.3, -0.25) is 9.59 Å². The van der Waals surface area contributed by atoms with Gasteiger partial charge in [0.15, 0.2) is 6.04 Å². The molecule has 2 amide bonds. The standard InChI is InChI=1S/C23H27N3O2/c1-16(17-8-3-2-4-9-17)25-22(27)21-12-7-13-26(21)23(28)20-14-18-10-5-6-11-19(18)15-24-20/h2-6,8-11,16,20-21,24H,7,12-15H2,1H3,(H,25,27)/p+1/t16-,20-,21-/m0/s1. The smallest absolute Gasteiger partial charge is 0.281 e. The van der Waals surface area contributed by atoms with Crippen molar-refractivity contribution in [1.82, 2.24) is 10.2 Å². The summed E-state index contributed by atoms with van der Waals surface area (Å²) in [6, 6.07) is 17.7. The Bertz CT molecular complexity index is 852. The van der Waals surface area contributed by atoms with Crippen molar-refractivity contribution in [1.29, 1.82) is 0 Å². The van der Waals surface area contributed by atoms with Crippen LogP contribution >= 0.6 is 0 Å². The summed E-state index contributed by atoms with van der Waals surface area (Å²) in [6.45, 7) is 3.48. The van der Waals surface area contributed by atoms with Crippen LogP contribution in [0.3, 0.4) is 0 Å². The zero-order valence-electron chi connectivity index (χ0n) is 16.3. The van der Waals surface area contributed by atoms with E-state index in [2.05, 4.69) is 22.8 Å². The number of benzene rings is 2. The number of quaternary nitrogens is 1. The van der Waals surface area contributed by atoms with Gasteiger partial charge < -0.3 is 15.5 Å². The number of nitrogens with zero attached hydrogens (tertiary/aromatic N) is 1. The largest absolute Gasteiger partial charge is 0.348 e. The molecular formula is C23H28N3O2+. The third kappa shape index (κ3) is 3.80. The SMILES string of the molecule is C[C@H](NC(=O)[C@@H]1CCCN1C(=O)[C@@H]1Cc2ccccc2C[NH2+]1)c1ccccc1. The van der Waals surface area contributed by atoms with Gasteiger partial charge in [0.25, 0.3) is 5.91 Å². The summed E-state index contributed by atoms with van der Waals surface area (Å²) in [5, 5.41) is 5.21. The van der Waals surface area contributed by atoms with Crippen molar-refractivity contribution in [3.05, 3.63) is 71.3 Å². The first-order valence-electron chi connectivity index (χ1n) is 10.2. The molecule has 2 aromatic rings. The van der Waals surface area contributed by atoms with Crippen LogP contribution in [0.5, 0.6) is 0 Å². The fraction of sp³-hybridized carbons (Fsp3) is 0.391. The second-order valence-corrected chi connectivity index (χ2v) is 7.85. The molecule has 28 heavy (non-hydrogen) atoms. The molecule has 2 aliphatic rings. The van der Waals surface area contributed by atoms with Crippen LogP contribution in [0.4, 0.5) is 0 Å². The van der Waals surface area contributed by atoms with E-state index in [1.165, 1.54) is 11.1 Å². The molecule has 0 bridgehead atoms. The molecule has 0 aromatic heterocycles.